The first-order valence-corrected chi connectivity index (χ1v) is 9.65. The molecule has 0 radical (unpaired) electrons. The molecule has 0 aliphatic carbocycles. The Hall–Kier alpha value is -3.81. The summed E-state index contributed by atoms with van der Waals surface area (Å²) in [6.07, 6.45) is 2.23. The van der Waals surface area contributed by atoms with Crippen molar-refractivity contribution >= 4 is 34.4 Å². The van der Waals surface area contributed by atoms with Crippen LogP contribution >= 0.6 is 0 Å². The van der Waals surface area contributed by atoms with E-state index in [-0.39, 0.29) is 24.8 Å². The van der Waals surface area contributed by atoms with Crippen LogP contribution in [-0.4, -0.2) is 47.4 Å². The standard InChI is InChI=1S/C22H22N4O4/c1-30-17-6-2-14(3-7-17)9-11-26-21(28)19(25-22(26)29)13-20(27)24-16-5-4-15-8-10-23-18(15)12-16/h2-8,10,12,19,23H,9,11,13H2,1H3,(H,24,27)(H,25,29)/t19-/m1/s1. The average Bonchev–Trinajstić information content (AvgIpc) is 3.31. The number of rotatable bonds is 7. The van der Waals surface area contributed by atoms with Crippen LogP contribution in [0, 0.1) is 0 Å². The topological polar surface area (TPSA) is 104 Å². The Kier molecular flexibility index (Phi) is 5.38. The molecule has 0 saturated carbocycles. The van der Waals surface area contributed by atoms with Crippen LogP contribution in [0.1, 0.15) is 12.0 Å². The summed E-state index contributed by atoms with van der Waals surface area (Å²) in [6.45, 7) is 0.249. The molecule has 0 unspecified atom stereocenters. The van der Waals surface area contributed by atoms with E-state index >= 15 is 0 Å². The predicted molar refractivity (Wildman–Crippen MR) is 112 cm³/mol. The third-order valence-electron chi connectivity index (χ3n) is 5.12. The Bertz CT molecular complexity index is 1090. The number of benzene rings is 2. The molecule has 0 spiro atoms. The molecule has 30 heavy (non-hydrogen) atoms. The molecule has 1 atom stereocenters. The lowest BCUT2D eigenvalue weighted by atomic mass is 10.1. The van der Waals surface area contributed by atoms with Gasteiger partial charge in [0, 0.05) is 23.9 Å². The van der Waals surface area contributed by atoms with Crippen LogP contribution in [0.4, 0.5) is 10.5 Å². The van der Waals surface area contributed by atoms with E-state index in [1.807, 2.05) is 48.7 Å². The van der Waals surface area contributed by atoms with Gasteiger partial charge in [0.15, 0.2) is 0 Å². The number of ether oxygens (including phenoxy) is 1. The molecule has 1 aliphatic heterocycles. The average molecular weight is 406 g/mol. The smallest absolute Gasteiger partial charge is 0.324 e. The number of aromatic amines is 1. The van der Waals surface area contributed by atoms with E-state index in [4.69, 9.17) is 4.74 Å². The van der Waals surface area contributed by atoms with Crippen molar-refractivity contribution in [3.05, 3.63) is 60.3 Å². The summed E-state index contributed by atoms with van der Waals surface area (Å²) in [5, 5.41) is 6.42. The van der Waals surface area contributed by atoms with Crippen LogP contribution in [0.2, 0.25) is 0 Å². The third-order valence-corrected chi connectivity index (χ3v) is 5.12. The summed E-state index contributed by atoms with van der Waals surface area (Å²) in [4.78, 5) is 41.4. The largest absolute Gasteiger partial charge is 0.497 e. The van der Waals surface area contributed by atoms with Crippen molar-refractivity contribution in [2.45, 2.75) is 18.9 Å². The van der Waals surface area contributed by atoms with Crippen LogP contribution < -0.4 is 15.4 Å². The zero-order chi connectivity index (χ0) is 21.1. The maximum Gasteiger partial charge on any atom is 0.324 e. The minimum Gasteiger partial charge on any atom is -0.497 e. The molecule has 154 valence electrons. The fraction of sp³-hybridized carbons (Fsp3) is 0.227. The number of aromatic nitrogens is 1. The molecule has 0 bridgehead atoms. The van der Waals surface area contributed by atoms with Gasteiger partial charge in [-0.2, -0.15) is 0 Å². The fourth-order valence-corrected chi connectivity index (χ4v) is 3.48. The highest BCUT2D eigenvalue weighted by Gasteiger charge is 2.38. The first-order chi connectivity index (χ1) is 14.5. The van der Waals surface area contributed by atoms with Gasteiger partial charge in [-0.15, -0.1) is 0 Å². The second-order valence-electron chi connectivity index (χ2n) is 7.12. The number of nitrogens with zero attached hydrogens (tertiary/aromatic N) is 1. The number of fused-ring (bicyclic) bond motifs is 1. The summed E-state index contributed by atoms with van der Waals surface area (Å²) in [6, 6.07) is 13.6. The van der Waals surface area contributed by atoms with Gasteiger partial charge in [-0.1, -0.05) is 18.2 Å². The molecule has 4 rings (SSSR count). The summed E-state index contributed by atoms with van der Waals surface area (Å²) in [5.41, 5.74) is 2.52. The zero-order valence-electron chi connectivity index (χ0n) is 16.5. The second kappa shape index (κ2) is 8.28. The van der Waals surface area contributed by atoms with Crippen molar-refractivity contribution in [1.29, 1.82) is 0 Å². The number of methoxy groups -OCH3 is 1. The maximum atomic E-state index is 12.6. The van der Waals surface area contributed by atoms with Crippen LogP contribution in [0.15, 0.2) is 54.7 Å². The zero-order valence-corrected chi connectivity index (χ0v) is 16.5. The van der Waals surface area contributed by atoms with E-state index in [9.17, 15) is 14.4 Å². The number of amides is 4. The van der Waals surface area contributed by atoms with Crippen molar-refractivity contribution in [3.63, 3.8) is 0 Å². The quantitative estimate of drug-likeness (QED) is 0.525. The van der Waals surface area contributed by atoms with E-state index in [0.29, 0.717) is 12.1 Å². The van der Waals surface area contributed by atoms with E-state index in [2.05, 4.69) is 15.6 Å². The van der Waals surface area contributed by atoms with Crippen molar-refractivity contribution in [1.82, 2.24) is 15.2 Å². The number of nitrogens with one attached hydrogen (secondary N) is 3. The predicted octanol–water partition coefficient (Wildman–Crippen LogP) is 2.67. The van der Waals surface area contributed by atoms with Gasteiger partial charge in [-0.3, -0.25) is 14.5 Å². The van der Waals surface area contributed by atoms with Gasteiger partial charge in [0.25, 0.3) is 5.91 Å². The lowest BCUT2D eigenvalue weighted by Crippen LogP contribution is -2.34. The Morgan fingerprint density at radius 1 is 1.13 bits per heavy atom. The van der Waals surface area contributed by atoms with Crippen LogP contribution in [0.3, 0.4) is 0 Å². The monoisotopic (exact) mass is 406 g/mol. The number of hydrogen-bond donors (Lipinski definition) is 3. The lowest BCUT2D eigenvalue weighted by molar-refractivity contribution is -0.129. The number of carbonyl (C=O) groups excluding carboxylic acids is 3. The summed E-state index contributed by atoms with van der Waals surface area (Å²) in [7, 11) is 1.59. The number of imide groups is 1. The van der Waals surface area contributed by atoms with E-state index in [0.717, 1.165) is 27.1 Å². The van der Waals surface area contributed by atoms with Crippen LogP contribution in [0.5, 0.6) is 5.75 Å². The summed E-state index contributed by atoms with van der Waals surface area (Å²) >= 11 is 0. The minimum absolute atomic E-state index is 0.119. The minimum atomic E-state index is -0.859. The van der Waals surface area contributed by atoms with E-state index in [1.165, 1.54) is 0 Å². The number of anilines is 1. The van der Waals surface area contributed by atoms with Gasteiger partial charge >= 0.3 is 6.03 Å². The second-order valence-corrected chi connectivity index (χ2v) is 7.12. The van der Waals surface area contributed by atoms with Gasteiger partial charge < -0.3 is 20.4 Å². The first kappa shape index (κ1) is 19.5. The number of H-pyrrole nitrogens is 1. The summed E-state index contributed by atoms with van der Waals surface area (Å²) in [5.74, 6) is 0.0234. The number of urea groups is 1. The van der Waals surface area contributed by atoms with Gasteiger partial charge in [0.05, 0.1) is 13.5 Å². The Labute approximate surface area is 173 Å². The lowest BCUT2D eigenvalue weighted by Gasteiger charge is -2.13. The van der Waals surface area contributed by atoms with E-state index < -0.39 is 12.1 Å². The highest BCUT2D eigenvalue weighted by Crippen LogP contribution is 2.19. The molecular weight excluding hydrogens is 384 g/mol. The first-order valence-electron chi connectivity index (χ1n) is 9.65. The molecule has 3 aromatic rings. The van der Waals surface area contributed by atoms with Crippen molar-refractivity contribution < 1.29 is 19.1 Å². The van der Waals surface area contributed by atoms with E-state index in [1.54, 1.807) is 13.2 Å². The highest BCUT2D eigenvalue weighted by molar-refractivity contribution is 6.07. The SMILES string of the molecule is COc1ccc(CCN2C(=O)N[C@H](CC(=O)Nc3ccc4cc[nH]c4c3)C2=O)cc1. The molecule has 8 nitrogen and oxygen atoms in total. The molecule has 2 aromatic carbocycles. The Balaban J connectivity index is 1.32. The van der Waals surface area contributed by atoms with Crippen molar-refractivity contribution in [2.24, 2.45) is 0 Å². The molecular formula is C22H22N4O4. The molecule has 3 N–H and O–H groups in total. The molecule has 2 heterocycles. The van der Waals surface area contributed by atoms with Crippen molar-refractivity contribution in [3.8, 4) is 5.75 Å². The number of carbonyl (C=O) groups is 3. The van der Waals surface area contributed by atoms with Gasteiger partial charge in [0.2, 0.25) is 5.91 Å². The molecule has 1 aliphatic rings. The van der Waals surface area contributed by atoms with Gasteiger partial charge in [-0.05, 0) is 47.7 Å². The van der Waals surface area contributed by atoms with Crippen LogP contribution in [-0.2, 0) is 16.0 Å². The van der Waals surface area contributed by atoms with Crippen LogP contribution in [0.25, 0.3) is 10.9 Å². The normalized spacial score (nSPS) is 16.0. The molecule has 1 fully saturated rings. The molecule has 1 saturated heterocycles. The Morgan fingerprint density at radius 2 is 1.93 bits per heavy atom. The van der Waals surface area contributed by atoms with Gasteiger partial charge in [0.1, 0.15) is 11.8 Å². The molecule has 4 amide bonds. The van der Waals surface area contributed by atoms with Gasteiger partial charge in [-0.25, -0.2) is 4.79 Å². The van der Waals surface area contributed by atoms with Crippen molar-refractivity contribution in [2.75, 3.05) is 19.0 Å². The summed E-state index contributed by atoms with van der Waals surface area (Å²) < 4.78 is 5.12. The highest BCUT2D eigenvalue weighted by atomic mass is 16.5. The number of hydrogen-bond acceptors (Lipinski definition) is 4. The molecule has 1 aromatic heterocycles. The fourth-order valence-electron chi connectivity index (χ4n) is 3.48. The maximum absolute atomic E-state index is 12.6. The Morgan fingerprint density at radius 3 is 2.70 bits per heavy atom. The third kappa shape index (κ3) is 4.12. The molecule has 8 heteroatoms.